The van der Waals surface area contributed by atoms with E-state index in [4.69, 9.17) is 14.2 Å². The maximum Gasteiger partial charge on any atom is 0.311 e. The highest BCUT2D eigenvalue weighted by Crippen LogP contribution is 2.25. The summed E-state index contributed by atoms with van der Waals surface area (Å²) in [5.41, 5.74) is 0. The molecule has 0 aliphatic carbocycles. The third kappa shape index (κ3) is 5.92. The van der Waals surface area contributed by atoms with Crippen LogP contribution in [0, 0.1) is 0 Å². The molecule has 1 heterocycles. The molecule has 6 nitrogen and oxygen atoms in total. The van der Waals surface area contributed by atoms with Gasteiger partial charge in [-0.25, -0.2) is 0 Å². The van der Waals surface area contributed by atoms with Crippen molar-refractivity contribution in [3.05, 3.63) is 46.7 Å². The van der Waals surface area contributed by atoms with Crippen LogP contribution in [-0.4, -0.2) is 38.7 Å². The summed E-state index contributed by atoms with van der Waals surface area (Å²) in [6, 6.07) is 11.0. The smallest absolute Gasteiger partial charge is 0.311 e. The molecule has 0 spiro atoms. The zero-order valence-electron chi connectivity index (χ0n) is 13.3. The van der Waals surface area contributed by atoms with Crippen LogP contribution in [0.5, 0.6) is 11.5 Å². The van der Waals surface area contributed by atoms with Crippen LogP contribution in [-0.2, 0) is 20.7 Å². The number of ether oxygens (including phenoxy) is 3. The monoisotopic (exact) mass is 349 g/mol. The van der Waals surface area contributed by atoms with Crippen molar-refractivity contribution in [2.24, 2.45) is 0 Å². The van der Waals surface area contributed by atoms with Crippen molar-refractivity contribution in [1.29, 1.82) is 0 Å². The fourth-order valence-electron chi connectivity index (χ4n) is 1.89. The zero-order valence-corrected chi connectivity index (χ0v) is 14.1. The van der Waals surface area contributed by atoms with Gasteiger partial charge in [-0.2, -0.15) is 0 Å². The van der Waals surface area contributed by atoms with Gasteiger partial charge in [0.15, 0.2) is 18.1 Å². The number of hydrogen-bond donors (Lipinski definition) is 1. The van der Waals surface area contributed by atoms with E-state index in [1.165, 1.54) is 11.3 Å². The van der Waals surface area contributed by atoms with Crippen LogP contribution in [0.1, 0.15) is 4.88 Å². The summed E-state index contributed by atoms with van der Waals surface area (Å²) in [5, 5.41) is 4.51. The van der Waals surface area contributed by atoms with Crippen molar-refractivity contribution in [3.8, 4) is 11.5 Å². The van der Waals surface area contributed by atoms with Gasteiger partial charge in [-0.1, -0.05) is 18.2 Å². The number of carbonyl (C=O) groups is 2. The molecule has 0 aliphatic rings. The predicted octanol–water partition coefficient (Wildman–Crippen LogP) is 2.04. The van der Waals surface area contributed by atoms with Crippen LogP contribution < -0.4 is 14.8 Å². The van der Waals surface area contributed by atoms with E-state index < -0.39 is 5.97 Å². The average Bonchev–Trinajstić information content (AvgIpc) is 3.10. The SMILES string of the molecule is COc1ccccc1OCCNC(=O)COC(=O)Cc1cccs1. The lowest BCUT2D eigenvalue weighted by atomic mass is 10.3. The number of amides is 1. The number of thiophene rings is 1. The van der Waals surface area contributed by atoms with E-state index in [-0.39, 0.29) is 25.5 Å². The first kappa shape index (κ1) is 17.8. The molecule has 1 aromatic heterocycles. The van der Waals surface area contributed by atoms with Gasteiger partial charge in [-0.15, -0.1) is 11.3 Å². The molecule has 1 N–H and O–H groups in total. The van der Waals surface area contributed by atoms with Gasteiger partial charge in [0, 0.05) is 4.88 Å². The van der Waals surface area contributed by atoms with Gasteiger partial charge in [0.05, 0.1) is 20.1 Å². The van der Waals surface area contributed by atoms with Crippen molar-refractivity contribution in [3.63, 3.8) is 0 Å². The number of esters is 1. The van der Waals surface area contributed by atoms with Crippen molar-refractivity contribution in [2.75, 3.05) is 26.9 Å². The van der Waals surface area contributed by atoms with Crippen LogP contribution in [0.2, 0.25) is 0 Å². The summed E-state index contributed by atoms with van der Waals surface area (Å²) in [5.74, 6) is 0.457. The Kier molecular flexibility index (Phi) is 7.10. The fourth-order valence-corrected chi connectivity index (χ4v) is 2.58. The Morgan fingerprint density at radius 1 is 1.12 bits per heavy atom. The van der Waals surface area contributed by atoms with E-state index >= 15 is 0 Å². The third-order valence-electron chi connectivity index (χ3n) is 3.01. The summed E-state index contributed by atoms with van der Waals surface area (Å²) in [6.45, 7) is 0.299. The van der Waals surface area contributed by atoms with Crippen LogP contribution in [0.4, 0.5) is 0 Å². The third-order valence-corrected chi connectivity index (χ3v) is 3.89. The summed E-state index contributed by atoms with van der Waals surface area (Å²) < 4.78 is 15.6. The van der Waals surface area contributed by atoms with Gasteiger partial charge in [-0.3, -0.25) is 9.59 Å². The largest absolute Gasteiger partial charge is 0.493 e. The molecule has 0 unspecified atom stereocenters. The number of carbonyl (C=O) groups excluding carboxylic acids is 2. The first-order valence-electron chi connectivity index (χ1n) is 7.39. The molecule has 0 radical (unpaired) electrons. The molecule has 0 bridgehead atoms. The van der Waals surface area contributed by atoms with Gasteiger partial charge in [0.2, 0.25) is 0 Å². The highest BCUT2D eigenvalue weighted by atomic mass is 32.1. The van der Waals surface area contributed by atoms with E-state index in [2.05, 4.69) is 5.32 Å². The second kappa shape index (κ2) is 9.57. The lowest BCUT2D eigenvalue weighted by molar-refractivity contribution is -0.147. The summed E-state index contributed by atoms with van der Waals surface area (Å²) in [7, 11) is 1.56. The highest BCUT2D eigenvalue weighted by molar-refractivity contribution is 7.10. The van der Waals surface area contributed by atoms with Gasteiger partial charge in [0.25, 0.3) is 5.91 Å². The maximum absolute atomic E-state index is 11.6. The molecular weight excluding hydrogens is 330 g/mol. The molecule has 0 fully saturated rings. The van der Waals surface area contributed by atoms with Crippen LogP contribution >= 0.6 is 11.3 Å². The zero-order chi connectivity index (χ0) is 17.2. The quantitative estimate of drug-likeness (QED) is 0.554. The van der Waals surface area contributed by atoms with Crippen LogP contribution in [0.15, 0.2) is 41.8 Å². The molecule has 1 aromatic carbocycles. The molecule has 2 aromatic rings. The Morgan fingerprint density at radius 3 is 2.62 bits per heavy atom. The van der Waals surface area contributed by atoms with Crippen molar-refractivity contribution in [2.45, 2.75) is 6.42 Å². The van der Waals surface area contributed by atoms with Gasteiger partial charge in [-0.05, 0) is 23.6 Å². The normalized spacial score (nSPS) is 10.0. The lowest BCUT2D eigenvalue weighted by Crippen LogP contribution is -2.32. The number of rotatable bonds is 9. The Hall–Kier alpha value is -2.54. The minimum Gasteiger partial charge on any atom is -0.493 e. The topological polar surface area (TPSA) is 73.9 Å². The first-order chi connectivity index (χ1) is 11.7. The molecule has 24 heavy (non-hydrogen) atoms. The second-order valence-electron chi connectivity index (χ2n) is 4.77. The molecule has 1 amide bonds. The molecule has 2 rings (SSSR count). The molecular formula is C17H19NO5S. The summed E-state index contributed by atoms with van der Waals surface area (Å²) in [6.07, 6.45) is 0.182. The van der Waals surface area contributed by atoms with Gasteiger partial charge in [0.1, 0.15) is 6.61 Å². The van der Waals surface area contributed by atoms with Crippen molar-refractivity contribution >= 4 is 23.2 Å². The molecule has 128 valence electrons. The highest BCUT2D eigenvalue weighted by Gasteiger charge is 2.09. The molecule has 7 heteroatoms. The standard InChI is InChI=1S/C17H19NO5S/c1-21-14-6-2-3-7-15(14)22-9-8-18-16(19)12-23-17(20)11-13-5-4-10-24-13/h2-7,10H,8-9,11-12H2,1H3,(H,18,19). The minimum atomic E-state index is -0.419. The van der Waals surface area contributed by atoms with E-state index in [0.29, 0.717) is 18.0 Å². The number of benzene rings is 1. The summed E-state index contributed by atoms with van der Waals surface area (Å²) in [4.78, 5) is 24.1. The van der Waals surface area contributed by atoms with E-state index in [1.807, 2.05) is 29.6 Å². The molecule has 0 aliphatic heterocycles. The van der Waals surface area contributed by atoms with Crippen molar-refractivity contribution in [1.82, 2.24) is 5.32 Å². The van der Waals surface area contributed by atoms with Crippen LogP contribution in [0.3, 0.4) is 0 Å². The molecule has 0 saturated heterocycles. The Balaban J connectivity index is 1.60. The predicted molar refractivity (Wildman–Crippen MR) is 90.5 cm³/mol. The number of methoxy groups -OCH3 is 1. The fraction of sp³-hybridized carbons (Fsp3) is 0.294. The Morgan fingerprint density at radius 2 is 1.92 bits per heavy atom. The van der Waals surface area contributed by atoms with E-state index in [1.54, 1.807) is 19.2 Å². The summed E-state index contributed by atoms with van der Waals surface area (Å²) >= 11 is 1.48. The second-order valence-corrected chi connectivity index (χ2v) is 5.80. The van der Waals surface area contributed by atoms with Crippen molar-refractivity contribution < 1.29 is 23.8 Å². The Labute approximate surface area is 144 Å². The number of hydrogen-bond acceptors (Lipinski definition) is 6. The van der Waals surface area contributed by atoms with Gasteiger partial charge < -0.3 is 19.5 Å². The minimum absolute atomic E-state index is 0.182. The van der Waals surface area contributed by atoms with E-state index in [0.717, 1.165) is 4.88 Å². The maximum atomic E-state index is 11.6. The molecule has 0 saturated carbocycles. The number of para-hydroxylation sites is 2. The van der Waals surface area contributed by atoms with Gasteiger partial charge >= 0.3 is 5.97 Å². The average molecular weight is 349 g/mol. The molecule has 0 atom stereocenters. The van der Waals surface area contributed by atoms with E-state index in [9.17, 15) is 9.59 Å². The van der Waals surface area contributed by atoms with Crippen LogP contribution in [0.25, 0.3) is 0 Å². The Bertz CT molecular complexity index is 657. The first-order valence-corrected chi connectivity index (χ1v) is 8.27. The lowest BCUT2D eigenvalue weighted by Gasteiger charge is -2.11. The number of nitrogens with one attached hydrogen (secondary N) is 1.